The van der Waals surface area contributed by atoms with E-state index in [-0.39, 0.29) is 23.2 Å². The molecule has 182 valence electrons. The molecule has 3 atom stereocenters. The van der Waals surface area contributed by atoms with Crippen molar-refractivity contribution in [3.63, 3.8) is 0 Å². The van der Waals surface area contributed by atoms with Gasteiger partial charge in [0.25, 0.3) is 5.91 Å². The predicted octanol–water partition coefficient (Wildman–Crippen LogP) is 3.49. The Morgan fingerprint density at radius 3 is 2.59 bits per heavy atom. The molecule has 0 saturated carbocycles. The Labute approximate surface area is 205 Å². The molecule has 1 N–H and O–H groups in total. The van der Waals surface area contributed by atoms with Gasteiger partial charge in [0.15, 0.2) is 6.10 Å². The number of amides is 1. The van der Waals surface area contributed by atoms with E-state index in [1.165, 1.54) is 0 Å². The number of methoxy groups -OCH3 is 1. The molecular weight excluding hydrogens is 450 g/mol. The van der Waals surface area contributed by atoms with E-state index in [0.717, 1.165) is 47.7 Å². The van der Waals surface area contributed by atoms with Gasteiger partial charge >= 0.3 is 5.97 Å². The van der Waals surface area contributed by atoms with E-state index in [4.69, 9.17) is 9.47 Å². The molecular formula is C26H33N3O4S. The largest absolute Gasteiger partial charge is 0.497 e. The lowest BCUT2D eigenvalue weighted by Gasteiger charge is -2.30. The van der Waals surface area contributed by atoms with Crippen molar-refractivity contribution >= 4 is 29.3 Å². The molecule has 2 aliphatic heterocycles. The van der Waals surface area contributed by atoms with Crippen LogP contribution < -0.4 is 15.0 Å². The first kappa shape index (κ1) is 24.6. The van der Waals surface area contributed by atoms with Gasteiger partial charge in [0.05, 0.1) is 18.0 Å². The zero-order valence-corrected chi connectivity index (χ0v) is 20.8. The summed E-state index contributed by atoms with van der Waals surface area (Å²) in [7, 11) is 5.59. The van der Waals surface area contributed by atoms with E-state index in [2.05, 4.69) is 5.32 Å². The zero-order valence-electron chi connectivity index (χ0n) is 20.0. The number of esters is 1. The lowest BCUT2D eigenvalue weighted by atomic mass is 10.0. The molecule has 0 aliphatic carbocycles. The molecule has 2 heterocycles. The number of nitrogens with one attached hydrogen (secondary N) is 1. The third-order valence-electron chi connectivity index (χ3n) is 6.25. The van der Waals surface area contributed by atoms with E-state index < -0.39 is 6.10 Å². The molecule has 0 spiro atoms. The number of thioether (sulfide) groups is 1. The molecule has 0 bridgehead atoms. The van der Waals surface area contributed by atoms with Crippen molar-refractivity contribution in [2.75, 3.05) is 45.7 Å². The summed E-state index contributed by atoms with van der Waals surface area (Å²) < 4.78 is 11.4. The van der Waals surface area contributed by atoms with E-state index in [1.54, 1.807) is 23.8 Å². The number of anilines is 1. The van der Waals surface area contributed by atoms with Crippen LogP contribution >= 0.6 is 11.8 Å². The number of para-hydroxylation sites is 1. The monoisotopic (exact) mass is 483 g/mol. The van der Waals surface area contributed by atoms with E-state index in [1.807, 2.05) is 67.5 Å². The Bertz CT molecular complexity index is 992. The van der Waals surface area contributed by atoms with Crippen LogP contribution in [0.1, 0.15) is 30.1 Å². The van der Waals surface area contributed by atoms with Gasteiger partial charge in [-0.2, -0.15) is 0 Å². The summed E-state index contributed by atoms with van der Waals surface area (Å²) in [6.45, 7) is 1.99. The molecule has 1 saturated heterocycles. The van der Waals surface area contributed by atoms with Crippen LogP contribution in [0.15, 0.2) is 53.4 Å². The van der Waals surface area contributed by atoms with Gasteiger partial charge in [-0.1, -0.05) is 30.7 Å². The number of hydrogen-bond donors (Lipinski definition) is 1. The molecule has 1 unspecified atom stereocenters. The SMILES string of the molecule is COc1ccc([C@H]2Sc3ccccc3N(CCN(C)C)C(=O)[C@H]2OC(=O)C2CCCCN2)cc1. The number of rotatable bonds is 7. The maximum atomic E-state index is 14.0. The van der Waals surface area contributed by atoms with Crippen LogP contribution in [-0.4, -0.2) is 69.8 Å². The van der Waals surface area contributed by atoms with Crippen molar-refractivity contribution in [1.82, 2.24) is 10.2 Å². The third kappa shape index (κ3) is 5.56. The molecule has 1 fully saturated rings. The van der Waals surface area contributed by atoms with Crippen molar-refractivity contribution in [3.8, 4) is 5.75 Å². The van der Waals surface area contributed by atoms with Gasteiger partial charge in [-0.25, -0.2) is 0 Å². The third-order valence-corrected chi connectivity index (χ3v) is 7.62. The molecule has 2 aliphatic rings. The number of likely N-dealkylation sites (N-methyl/N-ethyl adjacent to an activating group) is 1. The van der Waals surface area contributed by atoms with Gasteiger partial charge in [-0.3, -0.25) is 9.59 Å². The van der Waals surface area contributed by atoms with Crippen molar-refractivity contribution in [1.29, 1.82) is 0 Å². The number of carbonyl (C=O) groups excluding carboxylic acids is 2. The lowest BCUT2D eigenvalue weighted by Crippen LogP contribution is -2.48. The number of piperidine rings is 1. The van der Waals surface area contributed by atoms with E-state index >= 15 is 0 Å². The second-order valence-corrected chi connectivity index (χ2v) is 10.1. The van der Waals surface area contributed by atoms with Crippen molar-refractivity contribution < 1.29 is 19.1 Å². The number of benzene rings is 2. The van der Waals surface area contributed by atoms with Crippen LogP contribution in [0.4, 0.5) is 5.69 Å². The smallest absolute Gasteiger partial charge is 0.323 e. The molecule has 7 nitrogen and oxygen atoms in total. The highest BCUT2D eigenvalue weighted by molar-refractivity contribution is 7.99. The zero-order chi connectivity index (χ0) is 24.1. The maximum absolute atomic E-state index is 14.0. The highest BCUT2D eigenvalue weighted by atomic mass is 32.2. The number of hydrogen-bond acceptors (Lipinski definition) is 7. The summed E-state index contributed by atoms with van der Waals surface area (Å²) in [5.41, 5.74) is 1.77. The standard InChI is InChI=1S/C26H33N3O4S/c1-28(2)16-17-29-21-9-4-5-10-22(21)34-24(18-11-13-19(32-3)14-12-18)23(25(29)30)33-26(31)20-8-6-7-15-27-20/h4-5,9-14,20,23-24,27H,6-8,15-17H2,1-3H3/t20?,23-,24+/m0/s1. The van der Waals surface area contributed by atoms with E-state index in [9.17, 15) is 9.59 Å². The fourth-order valence-electron chi connectivity index (χ4n) is 4.32. The molecule has 0 radical (unpaired) electrons. The number of fused-ring (bicyclic) bond motifs is 1. The van der Waals surface area contributed by atoms with Crippen LogP contribution in [0.5, 0.6) is 5.75 Å². The summed E-state index contributed by atoms with van der Waals surface area (Å²) in [6, 6.07) is 15.2. The number of carbonyl (C=O) groups is 2. The molecule has 2 aromatic carbocycles. The molecule has 2 aromatic rings. The Kier molecular flexibility index (Phi) is 8.13. The number of nitrogens with zero attached hydrogens (tertiary/aromatic N) is 2. The lowest BCUT2D eigenvalue weighted by molar-refractivity contribution is -0.157. The molecule has 1 amide bonds. The first-order valence-corrected chi connectivity index (χ1v) is 12.7. The Morgan fingerprint density at radius 2 is 1.91 bits per heavy atom. The summed E-state index contributed by atoms with van der Waals surface area (Å²) in [6.07, 6.45) is 1.81. The van der Waals surface area contributed by atoms with Gasteiger partial charge in [0.2, 0.25) is 0 Å². The molecule has 34 heavy (non-hydrogen) atoms. The average molecular weight is 484 g/mol. The minimum atomic E-state index is -0.941. The average Bonchev–Trinajstić information content (AvgIpc) is 2.98. The topological polar surface area (TPSA) is 71.1 Å². The number of ether oxygens (including phenoxy) is 2. The second kappa shape index (κ2) is 11.3. The fraction of sp³-hybridized carbons (Fsp3) is 0.462. The van der Waals surface area contributed by atoms with Gasteiger partial charge in [-0.15, -0.1) is 11.8 Å². The Hall–Kier alpha value is -2.55. The van der Waals surface area contributed by atoms with Crippen molar-refractivity contribution in [2.24, 2.45) is 0 Å². The first-order chi connectivity index (χ1) is 16.5. The molecule has 8 heteroatoms. The van der Waals surface area contributed by atoms with Crippen LogP contribution in [-0.2, 0) is 14.3 Å². The summed E-state index contributed by atoms with van der Waals surface area (Å²) in [5, 5.41) is 2.87. The molecule has 4 rings (SSSR count). The fourth-order valence-corrected chi connectivity index (χ4v) is 5.64. The van der Waals surface area contributed by atoms with Gasteiger partial charge in [0.1, 0.15) is 11.8 Å². The van der Waals surface area contributed by atoms with Gasteiger partial charge in [-0.05, 0) is 63.3 Å². The predicted molar refractivity (Wildman–Crippen MR) is 134 cm³/mol. The summed E-state index contributed by atoms with van der Waals surface area (Å²) in [4.78, 5) is 32.0. The second-order valence-electron chi connectivity index (χ2n) is 8.93. The minimum Gasteiger partial charge on any atom is -0.497 e. The normalized spacial score (nSPS) is 22.8. The van der Waals surface area contributed by atoms with Crippen LogP contribution in [0, 0.1) is 0 Å². The van der Waals surface area contributed by atoms with Gasteiger partial charge < -0.3 is 24.6 Å². The van der Waals surface area contributed by atoms with Crippen molar-refractivity contribution in [2.45, 2.75) is 41.6 Å². The summed E-state index contributed by atoms with van der Waals surface area (Å²) in [5.74, 6) is 0.196. The minimum absolute atomic E-state index is 0.190. The van der Waals surface area contributed by atoms with Crippen LogP contribution in [0.2, 0.25) is 0 Å². The van der Waals surface area contributed by atoms with Crippen LogP contribution in [0.3, 0.4) is 0 Å². The molecule has 0 aromatic heterocycles. The van der Waals surface area contributed by atoms with Crippen LogP contribution in [0.25, 0.3) is 0 Å². The quantitative estimate of drug-likeness (QED) is 0.605. The van der Waals surface area contributed by atoms with Gasteiger partial charge in [0, 0.05) is 18.0 Å². The Balaban J connectivity index is 1.72. The maximum Gasteiger partial charge on any atom is 0.323 e. The summed E-state index contributed by atoms with van der Waals surface area (Å²) >= 11 is 1.57. The van der Waals surface area contributed by atoms with E-state index in [0.29, 0.717) is 13.1 Å². The first-order valence-electron chi connectivity index (χ1n) is 11.8. The Morgan fingerprint density at radius 1 is 1.15 bits per heavy atom. The van der Waals surface area contributed by atoms with Crippen molar-refractivity contribution in [3.05, 3.63) is 54.1 Å². The highest BCUT2D eigenvalue weighted by Crippen LogP contribution is 2.47. The highest BCUT2D eigenvalue weighted by Gasteiger charge is 2.42.